The van der Waals surface area contributed by atoms with Crippen LogP contribution in [0.3, 0.4) is 0 Å². The molecule has 1 amide bonds. The summed E-state index contributed by atoms with van der Waals surface area (Å²) < 4.78 is 5.86. The molecule has 32 heavy (non-hydrogen) atoms. The van der Waals surface area contributed by atoms with Crippen LogP contribution in [-0.2, 0) is 11.2 Å². The molecule has 4 heterocycles. The van der Waals surface area contributed by atoms with E-state index in [1.165, 1.54) is 0 Å². The molecule has 1 aliphatic rings. The van der Waals surface area contributed by atoms with Crippen molar-refractivity contribution in [1.82, 2.24) is 25.1 Å². The van der Waals surface area contributed by atoms with E-state index in [0.717, 1.165) is 27.8 Å². The fraction of sp³-hybridized carbons (Fsp3) is 0.333. The van der Waals surface area contributed by atoms with Gasteiger partial charge >= 0.3 is 0 Å². The predicted molar refractivity (Wildman–Crippen MR) is 122 cm³/mol. The van der Waals surface area contributed by atoms with Crippen molar-refractivity contribution in [3.8, 4) is 11.5 Å². The molecule has 0 spiro atoms. The number of hydrogen-bond donors (Lipinski definition) is 1. The summed E-state index contributed by atoms with van der Waals surface area (Å²) in [5.41, 5.74) is 2.92. The zero-order valence-corrected chi connectivity index (χ0v) is 18.3. The first kappa shape index (κ1) is 20.2. The van der Waals surface area contributed by atoms with E-state index < -0.39 is 0 Å². The first-order valence-electron chi connectivity index (χ1n) is 11.0. The van der Waals surface area contributed by atoms with Crippen LogP contribution in [0.1, 0.15) is 31.2 Å². The van der Waals surface area contributed by atoms with Crippen LogP contribution in [0, 0.1) is 0 Å². The van der Waals surface area contributed by atoms with Crippen molar-refractivity contribution in [2.45, 2.75) is 26.2 Å². The average molecular weight is 431 g/mol. The van der Waals surface area contributed by atoms with Gasteiger partial charge < -0.3 is 19.2 Å². The number of para-hydroxylation sites is 1. The summed E-state index contributed by atoms with van der Waals surface area (Å²) in [5.74, 6) is 2.23. The number of benzene rings is 1. The standard InChI is InChI=1S/C24H26N6O2/c1-16(2)23-27-28-24(32-23)19-7-5-9-25-22(19)30-12-10-29(11-13-30)21(31)14-17-15-26-20-8-4-3-6-18(17)20/h3-9,15-16,26H,10-14H2,1-2H3. The van der Waals surface area contributed by atoms with Crippen LogP contribution in [0.4, 0.5) is 5.82 Å². The molecule has 1 aliphatic heterocycles. The highest BCUT2D eigenvalue weighted by Gasteiger charge is 2.25. The lowest BCUT2D eigenvalue weighted by molar-refractivity contribution is -0.130. The Hall–Kier alpha value is -3.68. The van der Waals surface area contributed by atoms with Gasteiger partial charge in [-0.25, -0.2) is 4.98 Å². The van der Waals surface area contributed by atoms with Crippen LogP contribution in [-0.4, -0.2) is 57.2 Å². The Morgan fingerprint density at radius 2 is 1.91 bits per heavy atom. The Morgan fingerprint density at radius 3 is 2.69 bits per heavy atom. The zero-order chi connectivity index (χ0) is 22.1. The van der Waals surface area contributed by atoms with Crippen LogP contribution >= 0.6 is 0 Å². The number of amides is 1. The fourth-order valence-corrected chi connectivity index (χ4v) is 4.11. The second-order valence-corrected chi connectivity index (χ2v) is 8.38. The Kier molecular flexibility index (Phi) is 5.34. The minimum atomic E-state index is 0.147. The smallest absolute Gasteiger partial charge is 0.251 e. The largest absolute Gasteiger partial charge is 0.420 e. The van der Waals surface area contributed by atoms with E-state index >= 15 is 0 Å². The van der Waals surface area contributed by atoms with Crippen LogP contribution in [0.15, 0.2) is 53.2 Å². The molecular formula is C24H26N6O2. The van der Waals surface area contributed by atoms with Gasteiger partial charge in [-0.3, -0.25) is 4.79 Å². The number of pyridine rings is 1. The van der Waals surface area contributed by atoms with Gasteiger partial charge in [0.05, 0.1) is 12.0 Å². The second kappa shape index (κ2) is 8.45. The number of hydrogen-bond acceptors (Lipinski definition) is 6. The maximum absolute atomic E-state index is 13.0. The normalized spacial score (nSPS) is 14.5. The van der Waals surface area contributed by atoms with Gasteiger partial charge in [0, 0.05) is 55.4 Å². The predicted octanol–water partition coefficient (Wildman–Crippen LogP) is 3.63. The number of nitrogens with zero attached hydrogens (tertiary/aromatic N) is 5. The second-order valence-electron chi connectivity index (χ2n) is 8.38. The molecule has 8 nitrogen and oxygen atoms in total. The van der Waals surface area contributed by atoms with Crippen LogP contribution in [0.5, 0.6) is 0 Å². The summed E-state index contributed by atoms with van der Waals surface area (Å²) in [6.45, 7) is 6.75. The lowest BCUT2D eigenvalue weighted by Crippen LogP contribution is -2.49. The number of carbonyl (C=O) groups excluding carboxylic acids is 1. The van der Waals surface area contributed by atoms with Gasteiger partial charge in [0.25, 0.3) is 5.89 Å². The number of H-pyrrole nitrogens is 1. The third-order valence-electron chi connectivity index (χ3n) is 5.90. The van der Waals surface area contributed by atoms with Crippen molar-refractivity contribution in [1.29, 1.82) is 0 Å². The Bertz CT molecular complexity index is 1240. The topological polar surface area (TPSA) is 91.2 Å². The van der Waals surface area contributed by atoms with E-state index in [1.807, 2.05) is 55.3 Å². The number of carbonyl (C=O) groups is 1. The number of anilines is 1. The van der Waals surface area contributed by atoms with E-state index in [0.29, 0.717) is 44.4 Å². The summed E-state index contributed by atoms with van der Waals surface area (Å²) in [5, 5.41) is 9.48. The summed E-state index contributed by atoms with van der Waals surface area (Å²) in [7, 11) is 0. The Balaban J connectivity index is 1.27. The molecule has 8 heteroatoms. The van der Waals surface area contributed by atoms with Crippen molar-refractivity contribution >= 4 is 22.6 Å². The van der Waals surface area contributed by atoms with Crippen molar-refractivity contribution in [2.24, 2.45) is 0 Å². The molecule has 3 aromatic heterocycles. The van der Waals surface area contributed by atoms with Crippen LogP contribution in [0.2, 0.25) is 0 Å². The maximum Gasteiger partial charge on any atom is 0.251 e. The number of aromatic nitrogens is 4. The molecule has 0 bridgehead atoms. The summed E-state index contributed by atoms with van der Waals surface area (Å²) in [6, 6.07) is 11.9. The molecule has 4 aromatic rings. The minimum Gasteiger partial charge on any atom is -0.420 e. The van der Waals surface area contributed by atoms with Gasteiger partial charge in [0.1, 0.15) is 5.82 Å². The third kappa shape index (κ3) is 3.84. The highest BCUT2D eigenvalue weighted by atomic mass is 16.4. The van der Waals surface area contributed by atoms with Crippen LogP contribution < -0.4 is 4.90 Å². The van der Waals surface area contributed by atoms with Gasteiger partial charge in [-0.05, 0) is 23.8 Å². The molecule has 1 saturated heterocycles. The van der Waals surface area contributed by atoms with Gasteiger partial charge in [-0.1, -0.05) is 32.0 Å². The molecule has 5 rings (SSSR count). The number of rotatable bonds is 5. The molecule has 164 valence electrons. The SMILES string of the molecule is CC(C)c1nnc(-c2cccnc2N2CCN(C(=O)Cc3c[nH]c4ccccc34)CC2)o1. The summed E-state index contributed by atoms with van der Waals surface area (Å²) in [4.78, 5) is 24.9. The fourth-order valence-electron chi connectivity index (χ4n) is 4.11. The van der Waals surface area contributed by atoms with Crippen molar-refractivity contribution in [3.63, 3.8) is 0 Å². The van der Waals surface area contributed by atoms with Gasteiger partial charge in [-0.2, -0.15) is 0 Å². The van der Waals surface area contributed by atoms with E-state index in [9.17, 15) is 4.79 Å². The number of nitrogens with one attached hydrogen (secondary N) is 1. The number of aromatic amines is 1. The lowest BCUT2D eigenvalue weighted by atomic mass is 10.1. The Labute approximate surface area is 186 Å². The summed E-state index contributed by atoms with van der Waals surface area (Å²) in [6.07, 6.45) is 4.11. The summed E-state index contributed by atoms with van der Waals surface area (Å²) >= 11 is 0. The van der Waals surface area contributed by atoms with E-state index in [1.54, 1.807) is 6.20 Å². The quantitative estimate of drug-likeness (QED) is 0.520. The van der Waals surface area contributed by atoms with Crippen molar-refractivity contribution in [2.75, 3.05) is 31.1 Å². The van der Waals surface area contributed by atoms with E-state index in [2.05, 4.69) is 31.1 Å². The third-order valence-corrected chi connectivity index (χ3v) is 5.90. The van der Waals surface area contributed by atoms with Crippen molar-refractivity contribution < 1.29 is 9.21 Å². The molecule has 0 atom stereocenters. The van der Waals surface area contributed by atoms with E-state index in [4.69, 9.17) is 4.42 Å². The Morgan fingerprint density at radius 1 is 1.09 bits per heavy atom. The van der Waals surface area contributed by atoms with E-state index in [-0.39, 0.29) is 11.8 Å². The monoisotopic (exact) mass is 430 g/mol. The first-order chi connectivity index (χ1) is 15.6. The molecule has 0 aliphatic carbocycles. The number of fused-ring (bicyclic) bond motifs is 1. The van der Waals surface area contributed by atoms with Crippen LogP contribution in [0.25, 0.3) is 22.4 Å². The van der Waals surface area contributed by atoms with Gasteiger partial charge in [0.2, 0.25) is 11.8 Å². The molecule has 1 aromatic carbocycles. The lowest BCUT2D eigenvalue weighted by Gasteiger charge is -2.36. The first-order valence-corrected chi connectivity index (χ1v) is 11.0. The van der Waals surface area contributed by atoms with Gasteiger partial charge in [-0.15, -0.1) is 10.2 Å². The highest BCUT2D eigenvalue weighted by molar-refractivity contribution is 5.89. The highest BCUT2D eigenvalue weighted by Crippen LogP contribution is 2.30. The van der Waals surface area contributed by atoms with Crippen molar-refractivity contribution in [3.05, 3.63) is 60.2 Å². The molecular weight excluding hydrogens is 404 g/mol. The average Bonchev–Trinajstić information content (AvgIpc) is 3.47. The zero-order valence-electron chi connectivity index (χ0n) is 18.3. The molecule has 0 unspecified atom stereocenters. The molecule has 1 N–H and O–H groups in total. The maximum atomic E-state index is 13.0. The molecule has 0 saturated carbocycles. The molecule has 1 fully saturated rings. The molecule has 0 radical (unpaired) electrons. The number of piperazine rings is 1. The van der Waals surface area contributed by atoms with Gasteiger partial charge in [0.15, 0.2) is 0 Å². The minimum absolute atomic E-state index is 0.147.